The highest BCUT2D eigenvalue weighted by atomic mass is 16.2. The van der Waals surface area contributed by atoms with Crippen LogP contribution in [0, 0.1) is 0 Å². The summed E-state index contributed by atoms with van der Waals surface area (Å²) in [7, 11) is 0. The summed E-state index contributed by atoms with van der Waals surface area (Å²) in [6.45, 7) is 1.17. The molecular weight excluding hydrogens is 288 g/mol. The molecule has 0 bridgehead atoms. The van der Waals surface area contributed by atoms with E-state index in [0.29, 0.717) is 18.7 Å². The van der Waals surface area contributed by atoms with Gasteiger partial charge in [0, 0.05) is 24.9 Å². The molecule has 23 heavy (non-hydrogen) atoms. The van der Waals surface area contributed by atoms with Crippen LogP contribution in [0.3, 0.4) is 0 Å². The van der Waals surface area contributed by atoms with Crippen molar-refractivity contribution in [3.05, 3.63) is 83.7 Å². The minimum Gasteiger partial charge on any atom is -0.347 e. The molecule has 114 valence electrons. The Kier molecular flexibility index (Phi) is 3.38. The lowest BCUT2D eigenvalue weighted by atomic mass is 9.90. The van der Waals surface area contributed by atoms with Crippen LogP contribution in [0.15, 0.2) is 61.2 Å². The molecule has 1 unspecified atom stereocenters. The fourth-order valence-corrected chi connectivity index (χ4v) is 3.10. The maximum Gasteiger partial charge on any atom is 0.255 e. The third kappa shape index (κ3) is 2.50. The number of H-pyrrole nitrogens is 1. The summed E-state index contributed by atoms with van der Waals surface area (Å²) >= 11 is 0. The molecule has 0 fully saturated rings. The number of nitrogens with zero attached hydrogens (tertiary/aromatic N) is 3. The third-order valence-electron chi connectivity index (χ3n) is 4.23. The van der Waals surface area contributed by atoms with Gasteiger partial charge >= 0.3 is 0 Å². The van der Waals surface area contributed by atoms with Gasteiger partial charge in [-0.3, -0.25) is 9.78 Å². The van der Waals surface area contributed by atoms with Crippen molar-refractivity contribution in [3.63, 3.8) is 0 Å². The molecule has 1 aliphatic rings. The van der Waals surface area contributed by atoms with Gasteiger partial charge in [0.15, 0.2) is 0 Å². The van der Waals surface area contributed by atoms with Crippen LogP contribution in [0.25, 0.3) is 0 Å². The zero-order valence-corrected chi connectivity index (χ0v) is 12.5. The number of hydrogen-bond donors (Lipinski definition) is 1. The van der Waals surface area contributed by atoms with Crippen LogP contribution in [0.2, 0.25) is 0 Å². The number of amides is 1. The maximum atomic E-state index is 12.8. The summed E-state index contributed by atoms with van der Waals surface area (Å²) in [5.74, 6) is 0.0890. The predicted molar refractivity (Wildman–Crippen MR) is 85.9 cm³/mol. The van der Waals surface area contributed by atoms with Gasteiger partial charge < -0.3 is 9.88 Å². The number of rotatable bonds is 2. The highest BCUT2D eigenvalue weighted by Crippen LogP contribution is 2.31. The zero-order chi connectivity index (χ0) is 15.6. The van der Waals surface area contributed by atoms with Crippen LogP contribution in [0.5, 0.6) is 0 Å². The molecule has 0 saturated heterocycles. The monoisotopic (exact) mass is 304 g/mol. The molecule has 1 amide bonds. The smallest absolute Gasteiger partial charge is 0.255 e. The molecule has 0 radical (unpaired) electrons. The van der Waals surface area contributed by atoms with E-state index in [4.69, 9.17) is 0 Å². The normalized spacial score (nSPS) is 16.9. The molecular formula is C18H16N4O. The molecule has 3 heterocycles. The van der Waals surface area contributed by atoms with Gasteiger partial charge in [0.1, 0.15) is 0 Å². The number of aromatic amines is 1. The van der Waals surface area contributed by atoms with E-state index < -0.39 is 0 Å². The van der Waals surface area contributed by atoms with Crippen LogP contribution in [0.1, 0.15) is 33.2 Å². The number of pyridine rings is 1. The van der Waals surface area contributed by atoms with Gasteiger partial charge in [-0.25, -0.2) is 4.98 Å². The van der Waals surface area contributed by atoms with Gasteiger partial charge in [0.05, 0.1) is 29.8 Å². The number of hydrogen-bond acceptors (Lipinski definition) is 3. The Morgan fingerprint density at radius 3 is 2.83 bits per heavy atom. The molecule has 4 rings (SSSR count). The van der Waals surface area contributed by atoms with E-state index in [1.54, 1.807) is 30.9 Å². The highest BCUT2D eigenvalue weighted by Gasteiger charge is 2.31. The zero-order valence-electron chi connectivity index (χ0n) is 12.5. The second-order valence-electron chi connectivity index (χ2n) is 5.66. The summed E-state index contributed by atoms with van der Waals surface area (Å²) in [5, 5.41) is 0. The topological polar surface area (TPSA) is 61.9 Å². The van der Waals surface area contributed by atoms with E-state index in [1.165, 1.54) is 5.56 Å². The molecule has 1 atom stereocenters. The van der Waals surface area contributed by atoms with E-state index in [-0.39, 0.29) is 11.8 Å². The fourth-order valence-electron chi connectivity index (χ4n) is 3.10. The summed E-state index contributed by atoms with van der Waals surface area (Å²) in [6, 6.07) is 13.8. The lowest BCUT2D eigenvalue weighted by Crippen LogP contribution is -2.38. The summed E-state index contributed by atoms with van der Waals surface area (Å²) in [5.41, 5.74) is 3.82. The second kappa shape index (κ2) is 5.68. The number of carbonyl (C=O) groups excluding carboxylic acids is 1. The molecule has 2 aromatic heterocycles. The Bertz CT molecular complexity index is 813. The van der Waals surface area contributed by atoms with Crippen molar-refractivity contribution in [2.24, 2.45) is 0 Å². The maximum absolute atomic E-state index is 12.8. The highest BCUT2D eigenvalue weighted by molar-refractivity contribution is 5.94. The molecule has 5 heteroatoms. The fraction of sp³-hybridized carbons (Fsp3) is 0.167. The Morgan fingerprint density at radius 2 is 2.04 bits per heavy atom. The number of benzene rings is 1. The molecule has 0 spiro atoms. The quantitative estimate of drug-likeness (QED) is 0.791. The average molecular weight is 304 g/mol. The lowest BCUT2D eigenvalue weighted by molar-refractivity contribution is 0.0721. The average Bonchev–Trinajstić information content (AvgIpc) is 3.10. The van der Waals surface area contributed by atoms with Crippen LogP contribution in [0.4, 0.5) is 0 Å². The van der Waals surface area contributed by atoms with Crippen molar-refractivity contribution in [1.82, 2.24) is 19.9 Å². The minimum absolute atomic E-state index is 0.000666. The van der Waals surface area contributed by atoms with Crippen molar-refractivity contribution < 1.29 is 4.79 Å². The lowest BCUT2D eigenvalue weighted by Gasteiger charge is -2.32. The van der Waals surface area contributed by atoms with Crippen molar-refractivity contribution in [2.75, 3.05) is 6.54 Å². The number of nitrogens with one attached hydrogen (secondary N) is 1. The number of imidazole rings is 1. The van der Waals surface area contributed by atoms with Gasteiger partial charge in [0.2, 0.25) is 0 Å². The first-order valence-electron chi connectivity index (χ1n) is 7.59. The summed E-state index contributed by atoms with van der Waals surface area (Å²) in [4.78, 5) is 26.3. The second-order valence-corrected chi connectivity index (χ2v) is 5.66. The first kappa shape index (κ1) is 13.7. The van der Waals surface area contributed by atoms with Crippen LogP contribution >= 0.6 is 0 Å². The van der Waals surface area contributed by atoms with Gasteiger partial charge in [-0.2, -0.15) is 0 Å². The van der Waals surface area contributed by atoms with Crippen LogP contribution in [-0.2, 0) is 6.54 Å². The molecule has 5 nitrogen and oxygen atoms in total. The molecule has 1 aliphatic heterocycles. The Balaban J connectivity index is 1.69. The molecule has 0 saturated carbocycles. The van der Waals surface area contributed by atoms with E-state index in [1.807, 2.05) is 23.1 Å². The molecule has 1 aromatic carbocycles. The van der Waals surface area contributed by atoms with Crippen LogP contribution in [-0.4, -0.2) is 32.3 Å². The van der Waals surface area contributed by atoms with Crippen LogP contribution < -0.4 is 0 Å². The Hall–Kier alpha value is -2.95. The Labute approximate surface area is 134 Å². The first-order chi connectivity index (χ1) is 11.3. The van der Waals surface area contributed by atoms with Gasteiger partial charge in [-0.15, -0.1) is 0 Å². The SMILES string of the molecule is O=C(c1cccnc1)N1Cc2[nH]cnc2C(c2ccccc2)C1. The van der Waals surface area contributed by atoms with Crippen molar-refractivity contribution >= 4 is 5.91 Å². The summed E-state index contributed by atoms with van der Waals surface area (Å²) < 4.78 is 0. The van der Waals surface area contributed by atoms with Gasteiger partial charge in [-0.1, -0.05) is 30.3 Å². The molecule has 0 aliphatic carbocycles. The minimum atomic E-state index is -0.000666. The number of aromatic nitrogens is 3. The standard InChI is InChI=1S/C18H16N4O/c23-18(14-7-4-8-19-9-14)22-10-15(13-5-2-1-3-6-13)17-16(11-22)20-12-21-17/h1-9,12,15H,10-11H2,(H,20,21). The third-order valence-corrected chi connectivity index (χ3v) is 4.23. The van der Waals surface area contributed by atoms with Gasteiger partial charge in [0.25, 0.3) is 5.91 Å². The largest absolute Gasteiger partial charge is 0.347 e. The number of carbonyl (C=O) groups is 1. The summed E-state index contributed by atoms with van der Waals surface area (Å²) in [6.07, 6.45) is 4.99. The molecule has 3 aromatic rings. The van der Waals surface area contributed by atoms with E-state index in [2.05, 4.69) is 27.1 Å². The van der Waals surface area contributed by atoms with E-state index in [9.17, 15) is 4.79 Å². The Morgan fingerprint density at radius 1 is 1.17 bits per heavy atom. The van der Waals surface area contributed by atoms with E-state index >= 15 is 0 Å². The molecule has 1 N–H and O–H groups in total. The first-order valence-corrected chi connectivity index (χ1v) is 7.59. The van der Waals surface area contributed by atoms with E-state index in [0.717, 1.165) is 11.4 Å². The van der Waals surface area contributed by atoms with Gasteiger partial charge in [-0.05, 0) is 17.7 Å². The van der Waals surface area contributed by atoms with Crippen molar-refractivity contribution in [3.8, 4) is 0 Å². The number of fused-ring (bicyclic) bond motifs is 1. The predicted octanol–water partition coefficient (Wildman–Crippen LogP) is 2.59. The van der Waals surface area contributed by atoms with Crippen molar-refractivity contribution in [2.45, 2.75) is 12.5 Å². The van der Waals surface area contributed by atoms with Crippen molar-refractivity contribution in [1.29, 1.82) is 0 Å².